The summed E-state index contributed by atoms with van der Waals surface area (Å²) in [5.41, 5.74) is 2.90. The second-order valence-corrected chi connectivity index (χ2v) is 2.83. The number of pyridine rings is 1. The van der Waals surface area contributed by atoms with Gasteiger partial charge in [0.25, 0.3) is 0 Å². The van der Waals surface area contributed by atoms with Crippen LogP contribution in [0.5, 0.6) is 0 Å². The van der Waals surface area contributed by atoms with E-state index >= 15 is 0 Å². The van der Waals surface area contributed by atoms with Crippen LogP contribution in [0.1, 0.15) is 24.1 Å². The lowest BCUT2D eigenvalue weighted by Gasteiger charge is -2.14. The largest absolute Gasteiger partial charge is 0.305 e. The van der Waals surface area contributed by atoms with Gasteiger partial charge in [0.1, 0.15) is 0 Å². The van der Waals surface area contributed by atoms with Crippen LogP contribution in [-0.4, -0.2) is 10.7 Å². The summed E-state index contributed by atoms with van der Waals surface area (Å²) in [6.45, 7) is 0. The fraction of sp³-hybridized carbons (Fsp3) is 0.333. The second-order valence-electron chi connectivity index (χ2n) is 2.83. The van der Waals surface area contributed by atoms with Gasteiger partial charge in [-0.05, 0) is 31.4 Å². The lowest BCUT2D eigenvalue weighted by atomic mass is 9.94. The molecule has 2 rings (SSSR count). The Morgan fingerprint density at radius 3 is 2.92 bits per heavy atom. The zero-order chi connectivity index (χ0) is 7.68. The SMILES string of the molecule is Cl.N=C1CCCc2ncccc21. The minimum atomic E-state index is 0. The summed E-state index contributed by atoms with van der Waals surface area (Å²) in [7, 11) is 0. The van der Waals surface area contributed by atoms with Gasteiger partial charge in [0.15, 0.2) is 0 Å². The molecule has 1 N–H and O–H groups in total. The van der Waals surface area contributed by atoms with Gasteiger partial charge < -0.3 is 5.41 Å². The van der Waals surface area contributed by atoms with E-state index in [1.165, 1.54) is 0 Å². The molecule has 2 nitrogen and oxygen atoms in total. The number of rotatable bonds is 0. The minimum absolute atomic E-state index is 0. The van der Waals surface area contributed by atoms with E-state index in [0.717, 1.165) is 36.2 Å². The lowest BCUT2D eigenvalue weighted by molar-refractivity contribution is 0.805. The zero-order valence-electron chi connectivity index (χ0n) is 6.71. The number of nitrogens with one attached hydrogen (secondary N) is 1. The third-order valence-electron chi connectivity index (χ3n) is 2.06. The van der Waals surface area contributed by atoms with Crippen LogP contribution in [0.3, 0.4) is 0 Å². The molecular weight excluding hydrogens is 172 g/mol. The van der Waals surface area contributed by atoms with Gasteiger partial charge in [0, 0.05) is 23.2 Å². The Morgan fingerprint density at radius 2 is 2.17 bits per heavy atom. The molecule has 64 valence electrons. The van der Waals surface area contributed by atoms with Crippen molar-refractivity contribution in [2.24, 2.45) is 0 Å². The number of fused-ring (bicyclic) bond motifs is 1. The highest BCUT2D eigenvalue weighted by molar-refractivity contribution is 5.99. The van der Waals surface area contributed by atoms with Gasteiger partial charge in [-0.1, -0.05) is 0 Å². The molecule has 1 heterocycles. The molecule has 0 radical (unpaired) electrons. The van der Waals surface area contributed by atoms with Crippen molar-refractivity contribution in [2.75, 3.05) is 0 Å². The molecule has 0 spiro atoms. The average Bonchev–Trinajstić information content (AvgIpc) is 2.06. The number of hydrogen-bond acceptors (Lipinski definition) is 2. The van der Waals surface area contributed by atoms with Gasteiger partial charge in [-0.15, -0.1) is 12.4 Å². The molecule has 1 aromatic rings. The number of aryl methyl sites for hydroxylation is 1. The predicted molar refractivity (Wildman–Crippen MR) is 51.3 cm³/mol. The normalized spacial score (nSPS) is 14.8. The van der Waals surface area contributed by atoms with Crippen LogP contribution in [0.4, 0.5) is 0 Å². The third kappa shape index (κ3) is 1.48. The maximum atomic E-state index is 7.63. The van der Waals surface area contributed by atoms with Gasteiger partial charge in [0.2, 0.25) is 0 Å². The molecule has 0 saturated heterocycles. The summed E-state index contributed by atoms with van der Waals surface area (Å²) in [5.74, 6) is 0. The fourth-order valence-electron chi connectivity index (χ4n) is 1.48. The minimum Gasteiger partial charge on any atom is -0.305 e. The molecule has 12 heavy (non-hydrogen) atoms. The van der Waals surface area contributed by atoms with Crippen molar-refractivity contribution >= 4 is 18.1 Å². The van der Waals surface area contributed by atoms with Crippen LogP contribution in [0, 0.1) is 5.41 Å². The van der Waals surface area contributed by atoms with E-state index in [1.54, 1.807) is 6.20 Å². The summed E-state index contributed by atoms with van der Waals surface area (Å²) >= 11 is 0. The van der Waals surface area contributed by atoms with E-state index in [9.17, 15) is 0 Å². The summed E-state index contributed by atoms with van der Waals surface area (Å²) in [5, 5.41) is 7.63. The molecule has 1 aromatic heterocycles. The Balaban J connectivity index is 0.000000720. The summed E-state index contributed by atoms with van der Waals surface area (Å²) in [6, 6.07) is 3.89. The average molecular weight is 183 g/mol. The molecule has 1 aliphatic rings. The number of hydrogen-bond donors (Lipinski definition) is 1. The van der Waals surface area contributed by atoms with E-state index in [4.69, 9.17) is 5.41 Å². The van der Waals surface area contributed by atoms with Gasteiger partial charge in [-0.3, -0.25) is 4.98 Å². The van der Waals surface area contributed by atoms with Crippen molar-refractivity contribution in [3.63, 3.8) is 0 Å². The third-order valence-corrected chi connectivity index (χ3v) is 2.06. The lowest BCUT2D eigenvalue weighted by Crippen LogP contribution is -2.11. The van der Waals surface area contributed by atoms with Crippen molar-refractivity contribution < 1.29 is 0 Å². The van der Waals surface area contributed by atoms with Crippen LogP contribution >= 0.6 is 12.4 Å². The molecule has 1 aliphatic carbocycles. The standard InChI is InChI=1S/C9H10N2.ClH/c10-8-4-1-5-9-7(8)3-2-6-11-9;/h2-3,6,10H,1,4-5H2;1H. The first kappa shape index (κ1) is 9.20. The molecule has 0 bridgehead atoms. The van der Waals surface area contributed by atoms with Crippen molar-refractivity contribution in [3.05, 3.63) is 29.6 Å². The van der Waals surface area contributed by atoms with Gasteiger partial charge in [-0.2, -0.15) is 0 Å². The van der Waals surface area contributed by atoms with E-state index in [1.807, 2.05) is 12.1 Å². The first-order valence-electron chi connectivity index (χ1n) is 3.89. The Kier molecular flexibility index (Phi) is 2.82. The van der Waals surface area contributed by atoms with Crippen LogP contribution in [0.25, 0.3) is 0 Å². The molecule has 0 saturated carbocycles. The summed E-state index contributed by atoms with van der Waals surface area (Å²) in [4.78, 5) is 4.23. The molecule has 0 fully saturated rings. The molecule has 0 aromatic carbocycles. The Hall–Kier alpha value is -0.890. The van der Waals surface area contributed by atoms with Crippen LogP contribution in [-0.2, 0) is 6.42 Å². The van der Waals surface area contributed by atoms with Crippen molar-refractivity contribution in [1.29, 1.82) is 5.41 Å². The van der Waals surface area contributed by atoms with E-state index in [2.05, 4.69) is 4.98 Å². The molecule has 0 unspecified atom stereocenters. The first-order chi connectivity index (χ1) is 5.38. The van der Waals surface area contributed by atoms with Crippen molar-refractivity contribution in [3.8, 4) is 0 Å². The van der Waals surface area contributed by atoms with Crippen molar-refractivity contribution in [1.82, 2.24) is 4.98 Å². The highest BCUT2D eigenvalue weighted by Crippen LogP contribution is 2.17. The second kappa shape index (κ2) is 3.68. The zero-order valence-corrected chi connectivity index (χ0v) is 7.53. The van der Waals surface area contributed by atoms with E-state index in [0.29, 0.717) is 0 Å². The quantitative estimate of drug-likeness (QED) is 0.656. The molecule has 0 aliphatic heterocycles. The van der Waals surface area contributed by atoms with Crippen LogP contribution in [0.2, 0.25) is 0 Å². The van der Waals surface area contributed by atoms with Crippen molar-refractivity contribution in [2.45, 2.75) is 19.3 Å². The molecule has 0 atom stereocenters. The maximum Gasteiger partial charge on any atom is 0.0494 e. The fourth-order valence-corrected chi connectivity index (χ4v) is 1.48. The highest BCUT2D eigenvalue weighted by Gasteiger charge is 2.13. The highest BCUT2D eigenvalue weighted by atomic mass is 35.5. The number of halogens is 1. The number of aromatic nitrogens is 1. The van der Waals surface area contributed by atoms with Gasteiger partial charge in [-0.25, -0.2) is 0 Å². The predicted octanol–water partition coefficient (Wildman–Crippen LogP) is 2.21. The smallest absolute Gasteiger partial charge is 0.0494 e. The topological polar surface area (TPSA) is 36.7 Å². The van der Waals surface area contributed by atoms with Crippen LogP contribution < -0.4 is 0 Å². The van der Waals surface area contributed by atoms with E-state index in [-0.39, 0.29) is 12.4 Å². The Labute approximate surface area is 77.9 Å². The van der Waals surface area contributed by atoms with E-state index < -0.39 is 0 Å². The molecule has 0 amide bonds. The summed E-state index contributed by atoms with van der Waals surface area (Å²) < 4.78 is 0. The monoisotopic (exact) mass is 182 g/mol. The summed E-state index contributed by atoms with van der Waals surface area (Å²) in [6.07, 6.45) is 4.84. The molecule has 3 heteroatoms. The van der Waals surface area contributed by atoms with Gasteiger partial charge >= 0.3 is 0 Å². The molecular formula is C9H11ClN2. The first-order valence-corrected chi connectivity index (χ1v) is 3.89. The Morgan fingerprint density at radius 1 is 1.33 bits per heavy atom. The Bertz CT molecular complexity index is 296. The number of nitrogens with zero attached hydrogens (tertiary/aromatic N) is 1. The van der Waals surface area contributed by atoms with Gasteiger partial charge in [0.05, 0.1) is 0 Å². The van der Waals surface area contributed by atoms with Crippen LogP contribution in [0.15, 0.2) is 18.3 Å². The maximum absolute atomic E-state index is 7.63.